The molecule has 1 aromatic rings. The Morgan fingerprint density at radius 2 is 2.14 bits per heavy atom. The van der Waals surface area contributed by atoms with Crippen molar-refractivity contribution in [1.82, 2.24) is 0 Å². The van der Waals surface area contributed by atoms with Crippen LogP contribution in [0.25, 0.3) is 0 Å². The van der Waals surface area contributed by atoms with Crippen LogP contribution in [0.5, 0.6) is 0 Å². The number of thiophene rings is 1. The van der Waals surface area contributed by atoms with Crippen LogP contribution in [0, 0.1) is 5.41 Å². The quantitative estimate of drug-likeness (QED) is 0.901. The van der Waals surface area contributed by atoms with E-state index in [2.05, 4.69) is 15.9 Å². The molecule has 14 heavy (non-hydrogen) atoms. The van der Waals surface area contributed by atoms with Gasteiger partial charge in [-0.15, -0.1) is 23.7 Å². The lowest BCUT2D eigenvalue weighted by Crippen LogP contribution is -2.31. The van der Waals surface area contributed by atoms with Crippen LogP contribution >= 0.6 is 39.7 Å². The molecule has 82 valence electrons. The molecule has 1 heterocycles. The molecular formula is C9H15BrClNOS. The van der Waals surface area contributed by atoms with Gasteiger partial charge in [0.25, 0.3) is 0 Å². The zero-order valence-electron chi connectivity index (χ0n) is 8.16. The van der Waals surface area contributed by atoms with Crippen LogP contribution in [0.1, 0.15) is 24.8 Å². The second kappa shape index (κ2) is 5.47. The largest absolute Gasteiger partial charge is 0.396 e. The van der Waals surface area contributed by atoms with E-state index in [1.165, 1.54) is 0 Å². The van der Waals surface area contributed by atoms with Gasteiger partial charge in [0.1, 0.15) is 0 Å². The summed E-state index contributed by atoms with van der Waals surface area (Å²) in [5.74, 6) is 0. The molecule has 0 radical (unpaired) electrons. The molecule has 0 aliphatic rings. The van der Waals surface area contributed by atoms with E-state index in [4.69, 9.17) is 10.8 Å². The molecule has 0 aromatic carbocycles. The van der Waals surface area contributed by atoms with Crippen molar-refractivity contribution in [3.8, 4) is 0 Å². The van der Waals surface area contributed by atoms with E-state index in [0.29, 0.717) is 0 Å². The lowest BCUT2D eigenvalue weighted by atomic mass is 9.85. The average Bonchev–Trinajstić information content (AvgIpc) is 2.50. The summed E-state index contributed by atoms with van der Waals surface area (Å²) in [5, 5.41) is 9.15. The highest BCUT2D eigenvalue weighted by atomic mass is 79.9. The van der Waals surface area contributed by atoms with Gasteiger partial charge in [-0.3, -0.25) is 0 Å². The zero-order valence-corrected chi connectivity index (χ0v) is 11.4. The molecule has 3 N–H and O–H groups in total. The van der Waals surface area contributed by atoms with Crippen LogP contribution in [-0.2, 0) is 0 Å². The fraction of sp³-hybridized carbons (Fsp3) is 0.556. The Kier molecular flexibility index (Phi) is 5.62. The summed E-state index contributed by atoms with van der Waals surface area (Å²) in [7, 11) is 0. The Morgan fingerprint density at radius 1 is 1.57 bits per heavy atom. The van der Waals surface area contributed by atoms with Crippen molar-refractivity contribution in [3.05, 3.63) is 20.8 Å². The van der Waals surface area contributed by atoms with Gasteiger partial charge in [0, 0.05) is 16.3 Å². The first-order valence-corrected chi connectivity index (χ1v) is 5.70. The molecule has 2 nitrogen and oxygen atoms in total. The molecule has 0 fully saturated rings. The highest BCUT2D eigenvalue weighted by Crippen LogP contribution is 2.35. The Morgan fingerprint density at radius 3 is 2.50 bits per heavy atom. The van der Waals surface area contributed by atoms with Gasteiger partial charge < -0.3 is 10.8 Å². The minimum absolute atomic E-state index is 0. The Bertz CT molecular complexity index is 290. The Hall–Kier alpha value is 0.390. The number of rotatable bonds is 3. The molecule has 0 aliphatic carbocycles. The maximum Gasteiger partial charge on any atom is 0.0701 e. The van der Waals surface area contributed by atoms with Gasteiger partial charge in [0.2, 0.25) is 0 Å². The third-order valence-electron chi connectivity index (χ3n) is 2.15. The van der Waals surface area contributed by atoms with Gasteiger partial charge in [0.05, 0.1) is 10.4 Å². The number of hydrogen-bond acceptors (Lipinski definition) is 3. The fourth-order valence-electron chi connectivity index (χ4n) is 0.979. The molecule has 1 aromatic heterocycles. The summed E-state index contributed by atoms with van der Waals surface area (Å²) in [6.07, 6.45) is 0. The van der Waals surface area contributed by atoms with E-state index >= 15 is 0 Å². The van der Waals surface area contributed by atoms with Crippen molar-refractivity contribution < 1.29 is 5.11 Å². The van der Waals surface area contributed by atoms with E-state index in [0.717, 1.165) is 8.66 Å². The normalized spacial score (nSPS) is 13.5. The first-order valence-electron chi connectivity index (χ1n) is 4.09. The average molecular weight is 301 g/mol. The van der Waals surface area contributed by atoms with Crippen molar-refractivity contribution in [2.45, 2.75) is 19.9 Å². The maximum absolute atomic E-state index is 9.15. The standard InChI is InChI=1S/C9H14BrNOS.ClH/c1-9(2,5-12)8(11)6-3-4-7(10)13-6;/h3-4,8,12H,5,11H2,1-2H3;1H/t8-;/m1./s1. The van der Waals surface area contributed by atoms with Gasteiger partial charge in [-0.25, -0.2) is 0 Å². The van der Waals surface area contributed by atoms with Gasteiger partial charge in [-0.05, 0) is 28.1 Å². The molecule has 0 spiro atoms. The smallest absolute Gasteiger partial charge is 0.0701 e. The third kappa shape index (κ3) is 3.21. The lowest BCUT2D eigenvalue weighted by molar-refractivity contribution is 0.133. The summed E-state index contributed by atoms with van der Waals surface area (Å²) in [6, 6.07) is 3.87. The highest BCUT2D eigenvalue weighted by molar-refractivity contribution is 9.11. The first kappa shape index (κ1) is 14.4. The van der Waals surface area contributed by atoms with E-state index in [-0.39, 0.29) is 30.5 Å². The number of nitrogens with two attached hydrogens (primary N) is 1. The third-order valence-corrected chi connectivity index (χ3v) is 3.86. The Balaban J connectivity index is 0.00000169. The van der Waals surface area contributed by atoms with Crippen molar-refractivity contribution in [3.63, 3.8) is 0 Å². The summed E-state index contributed by atoms with van der Waals surface area (Å²) >= 11 is 5.01. The molecule has 0 amide bonds. The maximum atomic E-state index is 9.15. The SMILES string of the molecule is CC(C)(CO)[C@H](N)c1ccc(Br)s1.Cl. The van der Waals surface area contributed by atoms with Crippen molar-refractivity contribution in [1.29, 1.82) is 0 Å². The van der Waals surface area contributed by atoms with E-state index < -0.39 is 0 Å². The number of halogens is 2. The molecule has 1 rings (SSSR count). The summed E-state index contributed by atoms with van der Waals surface area (Å²) in [4.78, 5) is 1.10. The first-order chi connectivity index (χ1) is 5.97. The van der Waals surface area contributed by atoms with E-state index in [9.17, 15) is 0 Å². The van der Waals surface area contributed by atoms with Crippen molar-refractivity contribution >= 4 is 39.7 Å². The van der Waals surface area contributed by atoms with Crippen molar-refractivity contribution in [2.75, 3.05) is 6.61 Å². The number of aliphatic hydroxyl groups excluding tert-OH is 1. The molecule has 0 bridgehead atoms. The number of aliphatic hydroxyl groups is 1. The predicted octanol–water partition coefficient (Wildman–Crippen LogP) is 2.95. The highest BCUT2D eigenvalue weighted by Gasteiger charge is 2.27. The van der Waals surface area contributed by atoms with E-state index in [1.807, 2.05) is 26.0 Å². The molecule has 0 saturated heterocycles. The molecule has 0 saturated carbocycles. The zero-order chi connectivity index (χ0) is 10.1. The van der Waals surface area contributed by atoms with Gasteiger partial charge in [0.15, 0.2) is 0 Å². The van der Waals surface area contributed by atoms with Gasteiger partial charge in [-0.1, -0.05) is 13.8 Å². The van der Waals surface area contributed by atoms with Crippen molar-refractivity contribution in [2.24, 2.45) is 11.1 Å². The minimum Gasteiger partial charge on any atom is -0.396 e. The second-order valence-electron chi connectivity index (χ2n) is 3.77. The molecular weight excluding hydrogens is 286 g/mol. The fourth-order valence-corrected chi connectivity index (χ4v) is 2.62. The molecule has 1 atom stereocenters. The Labute approximate surface area is 103 Å². The summed E-state index contributed by atoms with van der Waals surface area (Å²) in [5.41, 5.74) is 5.77. The van der Waals surface area contributed by atoms with Crippen LogP contribution in [0.2, 0.25) is 0 Å². The molecule has 0 unspecified atom stereocenters. The number of hydrogen-bond donors (Lipinski definition) is 2. The minimum atomic E-state index is -0.260. The topological polar surface area (TPSA) is 46.2 Å². The van der Waals surface area contributed by atoms with Gasteiger partial charge in [-0.2, -0.15) is 0 Å². The predicted molar refractivity (Wildman–Crippen MR) is 67.1 cm³/mol. The summed E-state index contributed by atoms with van der Waals surface area (Å²) < 4.78 is 1.08. The van der Waals surface area contributed by atoms with Crippen LogP contribution < -0.4 is 5.73 Å². The monoisotopic (exact) mass is 299 g/mol. The second-order valence-corrected chi connectivity index (χ2v) is 6.26. The van der Waals surface area contributed by atoms with Crippen LogP contribution in [-0.4, -0.2) is 11.7 Å². The van der Waals surface area contributed by atoms with Crippen LogP contribution in [0.3, 0.4) is 0 Å². The van der Waals surface area contributed by atoms with Gasteiger partial charge >= 0.3 is 0 Å². The van der Waals surface area contributed by atoms with E-state index in [1.54, 1.807) is 11.3 Å². The van der Waals surface area contributed by atoms with Crippen LogP contribution in [0.4, 0.5) is 0 Å². The summed E-state index contributed by atoms with van der Waals surface area (Å²) in [6.45, 7) is 4.03. The molecule has 0 aliphatic heterocycles. The lowest BCUT2D eigenvalue weighted by Gasteiger charge is -2.28. The van der Waals surface area contributed by atoms with Crippen LogP contribution in [0.15, 0.2) is 15.9 Å². The molecule has 5 heteroatoms.